The number of benzene rings is 5. The molecule has 4 heterocycles. The lowest BCUT2D eigenvalue weighted by atomic mass is 10.0. The van der Waals surface area contributed by atoms with Gasteiger partial charge in [0.1, 0.15) is 43.1 Å². The van der Waals surface area contributed by atoms with Crippen molar-refractivity contribution >= 4 is 86.8 Å². The van der Waals surface area contributed by atoms with Crippen LogP contribution in [0, 0.1) is 29.0 Å². The van der Waals surface area contributed by atoms with E-state index in [1.54, 1.807) is 48.6 Å². The van der Waals surface area contributed by atoms with Gasteiger partial charge in [0.2, 0.25) is 0 Å². The molecule has 0 bridgehead atoms. The van der Waals surface area contributed by atoms with Gasteiger partial charge in [-0.05, 0) is 67.8 Å². The molecule has 2 aromatic heterocycles. The molecule has 1 amide bonds. The summed E-state index contributed by atoms with van der Waals surface area (Å²) in [6.07, 6.45) is 11.2. The highest BCUT2D eigenvalue weighted by Gasteiger charge is 2.53. The van der Waals surface area contributed by atoms with E-state index in [-0.39, 0.29) is 67.4 Å². The first kappa shape index (κ1) is 66.9. The molecule has 13 nitrogen and oxygen atoms in total. The Morgan fingerprint density at radius 1 is 0.647 bits per heavy atom. The van der Waals surface area contributed by atoms with Crippen LogP contribution in [0.25, 0.3) is 12.2 Å². The number of esters is 1. The Balaban J connectivity index is 0.000000270. The highest BCUT2D eigenvalue weighted by molar-refractivity contribution is 7.93. The zero-order valence-corrected chi connectivity index (χ0v) is 53.4. The van der Waals surface area contributed by atoms with E-state index in [2.05, 4.69) is 133 Å². The molecule has 18 heteroatoms. The fraction of sp³-hybridized carbons (Fsp3) is 0.328. The van der Waals surface area contributed by atoms with Gasteiger partial charge < -0.3 is 19.2 Å². The summed E-state index contributed by atoms with van der Waals surface area (Å²) in [6.45, 7) is 23.4. The molecule has 2 aliphatic rings. The summed E-state index contributed by atoms with van der Waals surface area (Å²) in [5.41, 5.74) is 1.87. The topological polar surface area (TPSA) is 172 Å². The van der Waals surface area contributed by atoms with Gasteiger partial charge in [-0.3, -0.25) is 4.79 Å². The smallest absolute Gasteiger partial charge is 0.355 e. The minimum atomic E-state index is -3.36. The number of rotatable bonds is 12. The average Bonchev–Trinajstić information content (AvgIpc) is 1.88. The zero-order valence-electron chi connectivity index (χ0n) is 49.7. The maximum Gasteiger partial charge on any atom is 0.355 e. The largest absolute Gasteiger partial charge is 0.461 e. The predicted molar refractivity (Wildman–Crippen MR) is 354 cm³/mol. The highest BCUT2D eigenvalue weighted by Crippen LogP contribution is 2.42. The number of aromatic nitrogens is 2. The van der Waals surface area contributed by atoms with E-state index in [0.29, 0.717) is 26.6 Å². The van der Waals surface area contributed by atoms with Gasteiger partial charge in [0, 0.05) is 55.4 Å². The molecule has 0 radical (unpaired) electrons. The van der Waals surface area contributed by atoms with Crippen molar-refractivity contribution in [2.45, 2.75) is 123 Å². The third-order valence-corrected chi connectivity index (χ3v) is 31.7. The van der Waals surface area contributed by atoms with Gasteiger partial charge in [-0.1, -0.05) is 230 Å². The third-order valence-electron chi connectivity index (χ3n) is 15.4. The normalized spacial score (nSPS) is 18.4. The Hall–Kier alpha value is -7.25. The van der Waals surface area contributed by atoms with Crippen molar-refractivity contribution in [3.63, 3.8) is 0 Å². The Morgan fingerprint density at radius 2 is 1.01 bits per heavy atom. The van der Waals surface area contributed by atoms with Crippen LogP contribution in [0.1, 0.15) is 129 Å². The van der Waals surface area contributed by atoms with Crippen LogP contribution >= 0.6 is 0 Å². The van der Waals surface area contributed by atoms with E-state index >= 15 is 8.42 Å². The lowest BCUT2D eigenvalue weighted by molar-refractivity contribution is 0.0514. The maximum atomic E-state index is 15.7. The SMILES string of the molecule is C.C.CC(C)[C@H]1C=Cc2c(cn(C)c2C(=O)Nc2ccc(F)c(C#N)c2)S(=O)(=N[Si](c2ccccc2)(c2ccccc2)C(C)(C)C)N1.CCOC(=O)c1c2c(cn1C)S(=O)(=N[Si](c1ccccc1)(c1ccccc1)C(C)(C)C)N[C@@H](C(C)C)C=C2. The van der Waals surface area contributed by atoms with Crippen molar-refractivity contribution in [1.82, 2.24) is 18.6 Å². The Morgan fingerprint density at radius 3 is 1.35 bits per heavy atom. The molecule has 2 unspecified atom stereocenters. The molecule has 2 aliphatic heterocycles. The molecule has 5 aromatic carbocycles. The quantitative estimate of drug-likeness (QED) is 0.0811. The molecule has 0 saturated carbocycles. The number of hydrogen-bond donors (Lipinski definition) is 3. The monoisotopic (exact) mass is 1220 g/mol. The average molecular weight is 1220 g/mol. The molecule has 0 fully saturated rings. The predicted octanol–water partition coefficient (Wildman–Crippen LogP) is 12.6. The summed E-state index contributed by atoms with van der Waals surface area (Å²) in [4.78, 5) is 27.8. The zero-order chi connectivity index (χ0) is 60.3. The van der Waals surface area contributed by atoms with Crippen LogP contribution < -0.4 is 35.5 Å². The summed E-state index contributed by atoms with van der Waals surface area (Å²) in [5, 5.41) is 15.6. The van der Waals surface area contributed by atoms with Gasteiger partial charge in [-0.15, -0.1) is 0 Å². The number of amides is 1. The van der Waals surface area contributed by atoms with Crippen molar-refractivity contribution < 1.29 is 27.1 Å². The van der Waals surface area contributed by atoms with Gasteiger partial charge in [0.05, 0.1) is 22.0 Å². The van der Waals surface area contributed by atoms with E-state index in [9.17, 15) is 19.2 Å². The molecule has 4 atom stereocenters. The minimum absolute atomic E-state index is 0. The molecule has 0 spiro atoms. The number of fused-ring (bicyclic) bond motifs is 2. The Kier molecular flexibility index (Phi) is 20.9. The molecule has 9 rings (SSSR count). The van der Waals surface area contributed by atoms with Crippen molar-refractivity contribution in [3.8, 4) is 6.07 Å². The van der Waals surface area contributed by atoms with Gasteiger partial charge in [-0.2, -0.15) is 5.26 Å². The van der Waals surface area contributed by atoms with E-state index in [0.717, 1.165) is 26.8 Å². The highest BCUT2D eigenvalue weighted by atomic mass is 32.2. The summed E-state index contributed by atoms with van der Waals surface area (Å²) in [5.74, 6) is -1.34. The van der Waals surface area contributed by atoms with Crippen LogP contribution in [-0.4, -0.2) is 64.6 Å². The third kappa shape index (κ3) is 13.1. The molecule has 450 valence electrons. The van der Waals surface area contributed by atoms with E-state index in [4.69, 9.17) is 12.8 Å². The number of ether oxygens (including phenoxy) is 1. The fourth-order valence-corrected chi connectivity index (χ4v) is 29.3. The van der Waals surface area contributed by atoms with Crippen LogP contribution in [0.15, 0.2) is 182 Å². The standard InChI is InChI=1S/C35H38FN5O2SSi.C30H39N3O3SSi.2CH4/c1-24(2)31-20-18-29-32(23-41(6)33(29)34(42)38-26-17-19-30(36)25(21-26)22-37)44(43,39-31)40-45(35(3,4)5,27-13-9-7-10-14-27)28-15-11-8-12-16-28;1-8-36-29(34)28-25-19-20-26(22(2)3)31-37(35,27(25)21-33(28)7)32-38(30(4,5)6,23-15-11-9-12-16-23)24-17-13-10-14-18-24;;/h7-21,23-24,31H,1-6H3,(H,38,42)(H,39,40,43);9-22,26H,8H2,1-7H3,(H,31,32,35);2*1H4/t31-,44?;26-,37?;;/m11../s1. The number of halogens is 1. The number of nitriles is 1. The van der Waals surface area contributed by atoms with Crippen molar-refractivity contribution in [1.29, 1.82) is 5.26 Å². The van der Waals surface area contributed by atoms with Gasteiger partial charge >= 0.3 is 5.97 Å². The van der Waals surface area contributed by atoms with Crippen LogP contribution in [0.4, 0.5) is 10.1 Å². The number of hydrogen-bond acceptors (Lipinski definition) is 8. The number of carbonyl (C=O) groups excluding carboxylic acids is 2. The second kappa shape index (κ2) is 26.6. The minimum Gasteiger partial charge on any atom is -0.461 e. The molecular formula is C67H85FN8O5S2Si2. The molecule has 0 aliphatic carbocycles. The lowest BCUT2D eigenvalue weighted by Crippen LogP contribution is -2.64. The van der Waals surface area contributed by atoms with E-state index in [1.165, 1.54) is 12.1 Å². The molecule has 7 aromatic rings. The number of nitrogens with zero attached hydrogens (tertiary/aromatic N) is 5. The second-order valence-electron chi connectivity index (χ2n) is 23.8. The van der Waals surface area contributed by atoms with Gasteiger partial charge in [0.25, 0.3) is 22.4 Å². The van der Waals surface area contributed by atoms with Gasteiger partial charge in [0.15, 0.2) is 0 Å². The summed E-state index contributed by atoms with van der Waals surface area (Å²) < 4.78 is 72.0. The number of nitrogens with one attached hydrogen (secondary N) is 3. The lowest BCUT2D eigenvalue weighted by Gasteiger charge is -2.40. The Labute approximate surface area is 507 Å². The van der Waals surface area contributed by atoms with Crippen LogP contribution in [-0.2, 0) is 38.7 Å². The molecule has 3 N–H and O–H groups in total. The summed E-state index contributed by atoms with van der Waals surface area (Å²) in [6, 6.07) is 46.0. The summed E-state index contributed by atoms with van der Waals surface area (Å²) >= 11 is 0. The first-order valence-electron chi connectivity index (χ1n) is 28.0. The van der Waals surface area contributed by atoms with Gasteiger partial charge in [-0.25, -0.2) is 35.1 Å². The van der Waals surface area contributed by atoms with E-state index in [1.807, 2.05) is 97.1 Å². The van der Waals surface area contributed by atoms with Crippen LogP contribution in [0.5, 0.6) is 0 Å². The van der Waals surface area contributed by atoms with E-state index < -0.39 is 59.0 Å². The molecule has 85 heavy (non-hydrogen) atoms. The van der Waals surface area contributed by atoms with Crippen LogP contribution in [0.3, 0.4) is 0 Å². The number of anilines is 1. The Bertz CT molecular complexity index is 3800. The first-order chi connectivity index (χ1) is 39.2. The molecule has 0 saturated heterocycles. The first-order valence-corrected chi connectivity index (χ1v) is 34.9. The summed E-state index contributed by atoms with van der Waals surface area (Å²) in [7, 11) is -9.34. The second-order valence-corrected chi connectivity index (χ2v) is 36.9. The maximum absolute atomic E-state index is 15.7. The van der Waals surface area contributed by atoms with Crippen molar-refractivity contribution in [2.24, 2.45) is 34.0 Å². The van der Waals surface area contributed by atoms with Crippen LogP contribution in [0.2, 0.25) is 10.1 Å². The molecular weight excluding hydrogens is 1140 g/mol. The number of carbonyl (C=O) groups is 2. The number of aryl methyl sites for hydroxylation is 2. The fourth-order valence-electron chi connectivity index (χ4n) is 11.1. The van der Waals surface area contributed by atoms with Crippen molar-refractivity contribution in [2.75, 3.05) is 11.9 Å². The van der Waals surface area contributed by atoms with Crippen molar-refractivity contribution in [3.05, 3.63) is 198 Å².